The van der Waals surface area contributed by atoms with E-state index in [1.54, 1.807) is 36.4 Å². The van der Waals surface area contributed by atoms with Crippen molar-refractivity contribution in [3.05, 3.63) is 75.9 Å². The van der Waals surface area contributed by atoms with Gasteiger partial charge in [0, 0.05) is 16.1 Å². The predicted molar refractivity (Wildman–Crippen MR) is 105 cm³/mol. The topological polar surface area (TPSA) is 96.4 Å². The molecule has 142 valence electrons. The Labute approximate surface area is 169 Å². The fourth-order valence-electron chi connectivity index (χ4n) is 2.76. The van der Waals surface area contributed by atoms with Crippen LogP contribution in [0.2, 0.25) is 5.02 Å². The molecule has 4 rings (SSSR count). The van der Waals surface area contributed by atoms with E-state index in [1.165, 1.54) is 18.3 Å². The van der Waals surface area contributed by atoms with Crippen LogP contribution in [0.15, 0.2) is 58.9 Å². The van der Waals surface area contributed by atoms with Crippen LogP contribution in [0.25, 0.3) is 0 Å². The number of hydrogen-bond donors (Lipinski definition) is 1. The number of sulfonamides is 1. The van der Waals surface area contributed by atoms with E-state index in [0.717, 1.165) is 16.2 Å². The summed E-state index contributed by atoms with van der Waals surface area (Å²) in [6.45, 7) is -0.0224. The fraction of sp³-hybridized carbons (Fsp3) is 0.0556. The number of imide groups is 1. The summed E-state index contributed by atoms with van der Waals surface area (Å²) in [7, 11) is -3.81. The van der Waals surface area contributed by atoms with Gasteiger partial charge in [0.2, 0.25) is 0 Å². The number of nitrogens with zero attached hydrogens (tertiary/aromatic N) is 2. The number of nitrogens with one attached hydrogen (secondary N) is 1. The third-order valence-electron chi connectivity index (χ3n) is 4.02. The zero-order valence-electron chi connectivity index (χ0n) is 14.1. The minimum atomic E-state index is -3.81. The maximum absolute atomic E-state index is 12.6. The van der Waals surface area contributed by atoms with Gasteiger partial charge in [0.15, 0.2) is 0 Å². The number of carbonyl (C=O) groups is 2. The van der Waals surface area contributed by atoms with E-state index >= 15 is 0 Å². The standard InChI is InChI=1S/C18H12ClN3O4S2/c19-11-3-1-4-12(9-11)21-28(25,26)15-7-6-13(27-15)10-22-17(23)14-5-2-8-20-16(14)18(22)24/h1-9,21H,10H2. The predicted octanol–water partition coefficient (Wildman–Crippen LogP) is 3.39. The number of thiophene rings is 1. The van der Waals surface area contributed by atoms with Gasteiger partial charge in [0.25, 0.3) is 21.8 Å². The number of anilines is 1. The molecule has 0 unspecified atom stereocenters. The maximum Gasteiger partial charge on any atom is 0.280 e. The molecule has 10 heteroatoms. The first-order valence-corrected chi connectivity index (χ1v) is 10.7. The molecule has 0 spiro atoms. The van der Waals surface area contributed by atoms with Gasteiger partial charge in [-0.3, -0.25) is 24.2 Å². The van der Waals surface area contributed by atoms with Gasteiger partial charge in [-0.1, -0.05) is 17.7 Å². The van der Waals surface area contributed by atoms with Crippen LogP contribution in [0.4, 0.5) is 5.69 Å². The molecule has 1 aliphatic heterocycles. The Morgan fingerprint density at radius 3 is 2.64 bits per heavy atom. The number of aromatic nitrogens is 1. The van der Waals surface area contributed by atoms with E-state index in [9.17, 15) is 18.0 Å². The lowest BCUT2D eigenvalue weighted by Crippen LogP contribution is -2.28. The van der Waals surface area contributed by atoms with Gasteiger partial charge in [0.05, 0.1) is 17.8 Å². The third-order valence-corrected chi connectivity index (χ3v) is 7.20. The molecule has 0 bridgehead atoms. The quantitative estimate of drug-likeness (QED) is 0.622. The zero-order chi connectivity index (χ0) is 19.9. The average Bonchev–Trinajstić information content (AvgIpc) is 3.22. The van der Waals surface area contributed by atoms with Crippen molar-refractivity contribution >= 4 is 50.5 Å². The molecule has 1 aromatic carbocycles. The van der Waals surface area contributed by atoms with E-state index < -0.39 is 21.8 Å². The average molecular weight is 434 g/mol. The first-order valence-electron chi connectivity index (χ1n) is 8.03. The third kappa shape index (κ3) is 3.39. The fourth-order valence-corrected chi connectivity index (χ4v) is 5.34. The van der Waals surface area contributed by atoms with Crippen LogP contribution in [-0.2, 0) is 16.6 Å². The second-order valence-electron chi connectivity index (χ2n) is 5.93. The summed E-state index contributed by atoms with van der Waals surface area (Å²) in [5, 5.41) is 0.409. The monoisotopic (exact) mass is 433 g/mol. The van der Waals surface area contributed by atoms with E-state index in [2.05, 4.69) is 9.71 Å². The summed E-state index contributed by atoms with van der Waals surface area (Å²) in [6, 6.07) is 12.5. The Bertz CT molecular complexity index is 1170. The van der Waals surface area contributed by atoms with Gasteiger partial charge in [-0.05, 0) is 42.5 Å². The second-order valence-corrected chi connectivity index (χ2v) is 9.45. The highest BCUT2D eigenvalue weighted by molar-refractivity contribution is 7.94. The molecule has 0 atom stereocenters. The number of pyridine rings is 1. The van der Waals surface area contributed by atoms with Crippen molar-refractivity contribution in [1.29, 1.82) is 0 Å². The molecule has 1 N–H and O–H groups in total. The van der Waals surface area contributed by atoms with Crippen molar-refractivity contribution < 1.29 is 18.0 Å². The molecule has 3 aromatic rings. The highest BCUT2D eigenvalue weighted by Gasteiger charge is 2.36. The largest absolute Gasteiger partial charge is 0.280 e. The van der Waals surface area contributed by atoms with Gasteiger partial charge < -0.3 is 0 Å². The number of fused-ring (bicyclic) bond motifs is 1. The Balaban J connectivity index is 1.54. The van der Waals surface area contributed by atoms with Crippen molar-refractivity contribution in [2.75, 3.05) is 4.72 Å². The number of hydrogen-bond acceptors (Lipinski definition) is 6. The van der Waals surface area contributed by atoms with Crippen LogP contribution in [-0.4, -0.2) is 30.1 Å². The highest BCUT2D eigenvalue weighted by Crippen LogP contribution is 2.28. The van der Waals surface area contributed by atoms with Crippen molar-refractivity contribution in [2.24, 2.45) is 0 Å². The summed E-state index contributed by atoms with van der Waals surface area (Å²) in [6.07, 6.45) is 1.45. The van der Waals surface area contributed by atoms with Crippen LogP contribution in [0.1, 0.15) is 25.7 Å². The summed E-state index contributed by atoms with van der Waals surface area (Å²) in [5.74, 6) is -0.932. The first-order chi connectivity index (χ1) is 13.3. The number of amides is 2. The maximum atomic E-state index is 12.6. The molecule has 7 nitrogen and oxygen atoms in total. The van der Waals surface area contributed by atoms with Gasteiger partial charge in [-0.15, -0.1) is 11.3 Å². The SMILES string of the molecule is O=C1c2cccnc2C(=O)N1Cc1ccc(S(=O)(=O)Nc2cccc(Cl)c2)s1. The van der Waals surface area contributed by atoms with Crippen molar-refractivity contribution in [1.82, 2.24) is 9.88 Å². The molecule has 0 saturated heterocycles. The Hall–Kier alpha value is -2.75. The molecule has 2 aromatic heterocycles. The molecule has 0 saturated carbocycles. The normalized spacial score (nSPS) is 13.7. The summed E-state index contributed by atoms with van der Waals surface area (Å²) >= 11 is 6.86. The summed E-state index contributed by atoms with van der Waals surface area (Å²) in [4.78, 5) is 30.4. The molecular weight excluding hydrogens is 422 g/mol. The van der Waals surface area contributed by atoms with Crippen LogP contribution >= 0.6 is 22.9 Å². The van der Waals surface area contributed by atoms with Gasteiger partial charge in [-0.25, -0.2) is 8.42 Å². The smallest absolute Gasteiger partial charge is 0.279 e. The Morgan fingerprint density at radius 1 is 1.07 bits per heavy atom. The molecular formula is C18H12ClN3O4S2. The molecule has 3 heterocycles. The van der Waals surface area contributed by atoms with Crippen molar-refractivity contribution in [2.45, 2.75) is 10.8 Å². The minimum absolute atomic E-state index is 0.0224. The summed E-state index contributed by atoms with van der Waals surface area (Å²) in [5.41, 5.74) is 0.702. The van der Waals surface area contributed by atoms with Gasteiger partial charge >= 0.3 is 0 Å². The van der Waals surface area contributed by atoms with Crippen LogP contribution in [0.3, 0.4) is 0 Å². The van der Waals surface area contributed by atoms with Gasteiger partial charge in [-0.2, -0.15) is 0 Å². The number of carbonyl (C=O) groups excluding carboxylic acids is 2. The minimum Gasteiger partial charge on any atom is -0.279 e. The van der Waals surface area contributed by atoms with Crippen LogP contribution in [0.5, 0.6) is 0 Å². The van der Waals surface area contributed by atoms with E-state index in [-0.39, 0.29) is 22.0 Å². The van der Waals surface area contributed by atoms with Crippen molar-refractivity contribution in [3.8, 4) is 0 Å². The Morgan fingerprint density at radius 2 is 1.89 bits per heavy atom. The lowest BCUT2D eigenvalue weighted by atomic mass is 10.2. The van der Waals surface area contributed by atoms with Crippen LogP contribution < -0.4 is 4.72 Å². The van der Waals surface area contributed by atoms with E-state index in [0.29, 0.717) is 15.6 Å². The lowest BCUT2D eigenvalue weighted by Gasteiger charge is -2.11. The Kier molecular flexibility index (Phi) is 4.66. The van der Waals surface area contributed by atoms with Gasteiger partial charge in [0.1, 0.15) is 9.90 Å². The molecule has 28 heavy (non-hydrogen) atoms. The number of rotatable bonds is 5. The highest BCUT2D eigenvalue weighted by atomic mass is 35.5. The summed E-state index contributed by atoms with van der Waals surface area (Å²) < 4.78 is 27.7. The first kappa shape index (κ1) is 18.6. The van der Waals surface area contributed by atoms with Crippen LogP contribution in [0, 0.1) is 0 Å². The molecule has 0 aliphatic carbocycles. The molecule has 1 aliphatic rings. The molecule has 0 fully saturated rings. The van der Waals surface area contributed by atoms with E-state index in [4.69, 9.17) is 11.6 Å². The lowest BCUT2D eigenvalue weighted by molar-refractivity contribution is 0.0642. The number of halogens is 1. The molecule has 2 amide bonds. The second kappa shape index (κ2) is 7.01. The number of benzene rings is 1. The zero-order valence-corrected chi connectivity index (χ0v) is 16.5. The van der Waals surface area contributed by atoms with E-state index in [1.807, 2.05) is 0 Å². The molecule has 0 radical (unpaired) electrons. The van der Waals surface area contributed by atoms with Crippen molar-refractivity contribution in [3.63, 3.8) is 0 Å².